The van der Waals surface area contributed by atoms with Crippen molar-refractivity contribution in [1.29, 1.82) is 0 Å². The van der Waals surface area contributed by atoms with E-state index in [4.69, 9.17) is 9.47 Å². The molecule has 0 aliphatic carbocycles. The summed E-state index contributed by atoms with van der Waals surface area (Å²) in [6.07, 6.45) is 0.412. The summed E-state index contributed by atoms with van der Waals surface area (Å²) in [5.74, 6) is -1.05. The Hall–Kier alpha value is -4.15. The molecule has 3 aromatic carbocycles. The first-order valence-corrected chi connectivity index (χ1v) is 13.6. The number of benzene rings is 3. The van der Waals surface area contributed by atoms with E-state index in [0.717, 1.165) is 24.2 Å². The molecular weight excluding hydrogens is 530 g/mol. The van der Waals surface area contributed by atoms with E-state index in [-0.39, 0.29) is 24.5 Å². The van der Waals surface area contributed by atoms with Crippen LogP contribution in [0.1, 0.15) is 33.9 Å². The van der Waals surface area contributed by atoms with Gasteiger partial charge in [-0.25, -0.2) is 13.8 Å². The molecular formula is C31H32F2N4O4. The molecule has 1 saturated heterocycles. The number of rotatable bonds is 9. The zero-order valence-electron chi connectivity index (χ0n) is 22.8. The summed E-state index contributed by atoms with van der Waals surface area (Å²) >= 11 is 0. The lowest BCUT2D eigenvalue weighted by Crippen LogP contribution is -2.46. The largest absolute Gasteiger partial charge is 0.497 e. The van der Waals surface area contributed by atoms with E-state index in [0.29, 0.717) is 37.6 Å². The normalized spacial score (nSPS) is 17.3. The highest BCUT2D eigenvalue weighted by Gasteiger charge is 2.34. The smallest absolute Gasteiger partial charge is 0.262 e. The number of ether oxygens (including phenoxy) is 2. The van der Waals surface area contributed by atoms with Gasteiger partial charge in [0.25, 0.3) is 11.8 Å². The standard InChI is InChI=1S/C31H32F2N4O4/c1-40-27-11-7-22(8-12-27)28-20-29(23-5-9-25(32)10-6-23)37(34-28)30(38)21-36(14-13-35-15-17-41-18-16-35)31(39)24-3-2-4-26(33)19-24/h2-12,19,29H,13-18,20-21H2,1H3. The van der Waals surface area contributed by atoms with Crippen LogP contribution in [0.5, 0.6) is 5.75 Å². The number of halogens is 2. The summed E-state index contributed by atoms with van der Waals surface area (Å²) in [5, 5.41) is 6.07. The number of morpholine rings is 1. The number of methoxy groups -OCH3 is 1. The second-order valence-corrected chi connectivity index (χ2v) is 9.98. The number of hydrazone groups is 1. The molecule has 0 saturated carbocycles. The summed E-state index contributed by atoms with van der Waals surface area (Å²) < 4.78 is 38.4. The number of carbonyl (C=O) groups excluding carboxylic acids is 2. The van der Waals surface area contributed by atoms with Crippen molar-refractivity contribution in [2.24, 2.45) is 5.10 Å². The second-order valence-electron chi connectivity index (χ2n) is 9.98. The molecule has 2 aliphatic rings. The Balaban J connectivity index is 1.41. The highest BCUT2D eigenvalue weighted by molar-refractivity contribution is 6.03. The fourth-order valence-corrected chi connectivity index (χ4v) is 5.02. The van der Waals surface area contributed by atoms with Gasteiger partial charge in [-0.15, -0.1) is 0 Å². The second kappa shape index (κ2) is 13.0. The van der Waals surface area contributed by atoms with E-state index < -0.39 is 23.7 Å². The van der Waals surface area contributed by atoms with Gasteiger partial charge < -0.3 is 14.4 Å². The summed E-state index contributed by atoms with van der Waals surface area (Å²) in [7, 11) is 1.59. The fourth-order valence-electron chi connectivity index (χ4n) is 5.02. The zero-order chi connectivity index (χ0) is 28.8. The summed E-state index contributed by atoms with van der Waals surface area (Å²) in [6.45, 7) is 3.22. The summed E-state index contributed by atoms with van der Waals surface area (Å²) in [6, 6.07) is 18.3. The van der Waals surface area contributed by atoms with Crippen LogP contribution < -0.4 is 4.74 Å². The lowest BCUT2D eigenvalue weighted by molar-refractivity contribution is -0.133. The maximum absolute atomic E-state index is 14.0. The topological polar surface area (TPSA) is 74.7 Å². The molecule has 2 aliphatic heterocycles. The van der Waals surface area contributed by atoms with E-state index in [9.17, 15) is 18.4 Å². The van der Waals surface area contributed by atoms with Gasteiger partial charge in [0.15, 0.2) is 0 Å². The first-order chi connectivity index (χ1) is 19.9. The molecule has 2 amide bonds. The van der Waals surface area contributed by atoms with Gasteiger partial charge in [-0.05, 0) is 65.7 Å². The monoisotopic (exact) mass is 562 g/mol. The number of hydrogen-bond acceptors (Lipinski definition) is 6. The van der Waals surface area contributed by atoms with Crippen molar-refractivity contribution in [1.82, 2.24) is 14.8 Å². The molecule has 1 atom stereocenters. The quantitative estimate of drug-likeness (QED) is 0.392. The molecule has 3 aromatic rings. The van der Waals surface area contributed by atoms with Crippen LogP contribution in [-0.2, 0) is 9.53 Å². The number of carbonyl (C=O) groups is 2. The predicted molar refractivity (Wildman–Crippen MR) is 150 cm³/mol. The summed E-state index contributed by atoms with van der Waals surface area (Å²) in [5.41, 5.74) is 2.40. The van der Waals surface area contributed by atoms with Crippen molar-refractivity contribution in [3.63, 3.8) is 0 Å². The zero-order valence-corrected chi connectivity index (χ0v) is 22.8. The molecule has 8 nitrogen and oxygen atoms in total. The first kappa shape index (κ1) is 28.4. The SMILES string of the molecule is COc1ccc(C2=NN(C(=O)CN(CCN3CCOCC3)C(=O)c3cccc(F)c3)C(c3ccc(F)cc3)C2)cc1. The first-order valence-electron chi connectivity index (χ1n) is 13.6. The van der Waals surface area contributed by atoms with Crippen LogP contribution in [0.25, 0.3) is 0 Å². The van der Waals surface area contributed by atoms with Crippen molar-refractivity contribution < 1.29 is 27.8 Å². The molecule has 2 heterocycles. The van der Waals surface area contributed by atoms with Crippen molar-refractivity contribution in [3.05, 3.63) is 101 Å². The highest BCUT2D eigenvalue weighted by Crippen LogP contribution is 2.33. The molecule has 214 valence electrons. The van der Waals surface area contributed by atoms with Crippen molar-refractivity contribution >= 4 is 17.5 Å². The molecule has 0 spiro atoms. The van der Waals surface area contributed by atoms with Crippen LogP contribution in [-0.4, -0.2) is 85.4 Å². The molecule has 10 heteroatoms. The third-order valence-corrected chi connectivity index (χ3v) is 7.32. The van der Waals surface area contributed by atoms with Crippen LogP contribution in [0.4, 0.5) is 8.78 Å². The highest BCUT2D eigenvalue weighted by atomic mass is 19.1. The molecule has 1 fully saturated rings. The lowest BCUT2D eigenvalue weighted by atomic mass is 9.98. The summed E-state index contributed by atoms with van der Waals surface area (Å²) in [4.78, 5) is 31.0. The van der Waals surface area contributed by atoms with Crippen molar-refractivity contribution in [2.75, 3.05) is 53.0 Å². The van der Waals surface area contributed by atoms with E-state index in [2.05, 4.69) is 10.0 Å². The molecule has 0 N–H and O–H groups in total. The van der Waals surface area contributed by atoms with Crippen LogP contribution in [0, 0.1) is 11.6 Å². The molecule has 41 heavy (non-hydrogen) atoms. The fraction of sp³-hybridized carbons (Fsp3) is 0.323. The van der Waals surface area contributed by atoms with Gasteiger partial charge >= 0.3 is 0 Å². The van der Waals surface area contributed by atoms with E-state index in [1.165, 1.54) is 46.3 Å². The third kappa shape index (κ3) is 6.96. The van der Waals surface area contributed by atoms with Gasteiger partial charge in [0.2, 0.25) is 0 Å². The number of hydrogen-bond donors (Lipinski definition) is 0. The Morgan fingerprint density at radius 3 is 2.41 bits per heavy atom. The van der Waals surface area contributed by atoms with Gasteiger partial charge in [0.1, 0.15) is 23.9 Å². The minimum absolute atomic E-state index is 0.165. The van der Waals surface area contributed by atoms with Crippen LogP contribution in [0.15, 0.2) is 77.9 Å². The van der Waals surface area contributed by atoms with E-state index in [1.54, 1.807) is 19.2 Å². The van der Waals surface area contributed by atoms with Crippen molar-refractivity contribution in [2.45, 2.75) is 12.5 Å². The maximum Gasteiger partial charge on any atom is 0.262 e. The Bertz CT molecular complexity index is 1390. The lowest BCUT2D eigenvalue weighted by Gasteiger charge is -2.31. The minimum Gasteiger partial charge on any atom is -0.497 e. The van der Waals surface area contributed by atoms with Gasteiger partial charge in [-0.1, -0.05) is 18.2 Å². The average molecular weight is 563 g/mol. The van der Waals surface area contributed by atoms with Crippen LogP contribution in [0.3, 0.4) is 0 Å². The maximum atomic E-state index is 14.0. The average Bonchev–Trinajstić information content (AvgIpc) is 3.45. The Morgan fingerprint density at radius 2 is 1.73 bits per heavy atom. The Morgan fingerprint density at radius 1 is 1.00 bits per heavy atom. The molecule has 5 rings (SSSR count). The Kier molecular flexibility index (Phi) is 9.01. The number of amides is 2. The van der Waals surface area contributed by atoms with Crippen LogP contribution in [0.2, 0.25) is 0 Å². The molecule has 1 unspecified atom stereocenters. The molecule has 0 bridgehead atoms. The van der Waals surface area contributed by atoms with Crippen molar-refractivity contribution in [3.8, 4) is 5.75 Å². The predicted octanol–water partition coefficient (Wildman–Crippen LogP) is 4.13. The van der Waals surface area contributed by atoms with Gasteiger partial charge in [-0.3, -0.25) is 14.5 Å². The van der Waals surface area contributed by atoms with Crippen LogP contribution >= 0.6 is 0 Å². The van der Waals surface area contributed by atoms with Gasteiger partial charge in [0.05, 0.1) is 32.1 Å². The van der Waals surface area contributed by atoms with E-state index in [1.807, 2.05) is 24.3 Å². The molecule has 0 aromatic heterocycles. The molecule has 0 radical (unpaired) electrons. The third-order valence-electron chi connectivity index (χ3n) is 7.32. The van der Waals surface area contributed by atoms with E-state index >= 15 is 0 Å². The van der Waals surface area contributed by atoms with Gasteiger partial charge in [0, 0.05) is 38.2 Å². The minimum atomic E-state index is -0.528. The Labute approximate surface area is 237 Å². The van der Waals surface area contributed by atoms with Gasteiger partial charge in [-0.2, -0.15) is 5.10 Å². The number of nitrogens with zero attached hydrogens (tertiary/aromatic N) is 4.